The van der Waals surface area contributed by atoms with E-state index in [1.54, 1.807) is 6.20 Å². The lowest BCUT2D eigenvalue weighted by Gasteiger charge is -2.37. The molecule has 0 atom stereocenters. The summed E-state index contributed by atoms with van der Waals surface area (Å²) in [5, 5.41) is 3.43. The number of nitrogens with zero attached hydrogens (tertiary/aromatic N) is 2. The summed E-state index contributed by atoms with van der Waals surface area (Å²) in [5.74, 6) is 0.806. The zero-order valence-electron chi connectivity index (χ0n) is 10.5. The number of aromatic nitrogens is 2. The molecule has 0 aliphatic carbocycles. The smallest absolute Gasteiger partial charge is 0.145 e. The summed E-state index contributed by atoms with van der Waals surface area (Å²) in [6.45, 7) is 6.02. The maximum absolute atomic E-state index is 5.89. The number of nitrogens with two attached hydrogens (primary N) is 1. The standard InChI is InChI=1S/C12H20N4O/c1-9-10(2)15-11(7-14-9)16-12(8-13)3-5-17-6-4-12/h7H,3-6,8,13H2,1-2H3,(H,15,16). The fourth-order valence-electron chi connectivity index (χ4n) is 2.02. The Morgan fingerprint density at radius 2 is 2.06 bits per heavy atom. The van der Waals surface area contributed by atoms with Crippen molar-refractivity contribution in [1.82, 2.24) is 9.97 Å². The maximum atomic E-state index is 5.89. The van der Waals surface area contributed by atoms with E-state index >= 15 is 0 Å². The zero-order chi connectivity index (χ0) is 12.3. The molecule has 0 amide bonds. The third-order valence-corrected chi connectivity index (χ3v) is 3.43. The van der Waals surface area contributed by atoms with Crippen molar-refractivity contribution in [3.63, 3.8) is 0 Å². The first kappa shape index (κ1) is 12.3. The third kappa shape index (κ3) is 2.73. The van der Waals surface area contributed by atoms with Crippen LogP contribution in [-0.2, 0) is 4.74 Å². The highest BCUT2D eigenvalue weighted by Gasteiger charge is 2.31. The molecule has 1 fully saturated rings. The number of hydrogen-bond acceptors (Lipinski definition) is 5. The molecule has 1 aromatic rings. The van der Waals surface area contributed by atoms with Gasteiger partial charge in [-0.05, 0) is 26.7 Å². The Morgan fingerprint density at radius 3 is 2.65 bits per heavy atom. The molecule has 0 unspecified atom stereocenters. The van der Waals surface area contributed by atoms with Crippen molar-refractivity contribution in [2.75, 3.05) is 25.1 Å². The second kappa shape index (κ2) is 4.98. The monoisotopic (exact) mass is 236 g/mol. The molecule has 5 nitrogen and oxygen atoms in total. The molecule has 5 heteroatoms. The predicted molar refractivity (Wildman–Crippen MR) is 67.0 cm³/mol. The lowest BCUT2D eigenvalue weighted by Crippen LogP contribution is -2.49. The Bertz CT molecular complexity index is 388. The zero-order valence-corrected chi connectivity index (χ0v) is 10.5. The maximum Gasteiger partial charge on any atom is 0.145 e. The van der Waals surface area contributed by atoms with Crippen LogP contribution in [0, 0.1) is 13.8 Å². The Hall–Kier alpha value is -1.20. The van der Waals surface area contributed by atoms with Crippen molar-refractivity contribution >= 4 is 5.82 Å². The van der Waals surface area contributed by atoms with Gasteiger partial charge in [-0.15, -0.1) is 0 Å². The van der Waals surface area contributed by atoms with Crippen LogP contribution in [0.5, 0.6) is 0 Å². The van der Waals surface area contributed by atoms with Gasteiger partial charge in [0, 0.05) is 19.8 Å². The molecule has 0 radical (unpaired) electrons. The molecular formula is C12H20N4O. The quantitative estimate of drug-likeness (QED) is 0.819. The van der Waals surface area contributed by atoms with Crippen molar-refractivity contribution in [3.8, 4) is 0 Å². The SMILES string of the molecule is Cc1ncc(NC2(CN)CCOCC2)nc1C. The molecular weight excluding hydrogens is 216 g/mol. The van der Waals surface area contributed by atoms with Gasteiger partial charge in [-0.25, -0.2) is 4.98 Å². The summed E-state index contributed by atoms with van der Waals surface area (Å²) < 4.78 is 5.38. The van der Waals surface area contributed by atoms with Crippen LogP contribution < -0.4 is 11.1 Å². The first-order valence-corrected chi connectivity index (χ1v) is 6.01. The number of aryl methyl sites for hydroxylation is 2. The van der Waals surface area contributed by atoms with Crippen LogP contribution in [0.4, 0.5) is 5.82 Å². The Balaban J connectivity index is 2.14. The lowest BCUT2D eigenvalue weighted by atomic mass is 9.90. The van der Waals surface area contributed by atoms with E-state index in [1.807, 2.05) is 13.8 Å². The summed E-state index contributed by atoms with van der Waals surface area (Å²) >= 11 is 0. The molecule has 1 aliphatic heterocycles. The van der Waals surface area contributed by atoms with E-state index in [2.05, 4.69) is 15.3 Å². The molecule has 17 heavy (non-hydrogen) atoms. The molecule has 1 aliphatic rings. The van der Waals surface area contributed by atoms with Gasteiger partial charge in [0.2, 0.25) is 0 Å². The topological polar surface area (TPSA) is 73.1 Å². The summed E-state index contributed by atoms with van der Waals surface area (Å²) in [6, 6.07) is 0. The fraction of sp³-hybridized carbons (Fsp3) is 0.667. The minimum Gasteiger partial charge on any atom is -0.381 e. The predicted octanol–water partition coefficient (Wildman–Crippen LogP) is 1.01. The van der Waals surface area contributed by atoms with Gasteiger partial charge < -0.3 is 15.8 Å². The largest absolute Gasteiger partial charge is 0.381 e. The molecule has 0 bridgehead atoms. The Morgan fingerprint density at radius 1 is 1.35 bits per heavy atom. The molecule has 0 saturated carbocycles. The van der Waals surface area contributed by atoms with E-state index in [9.17, 15) is 0 Å². The van der Waals surface area contributed by atoms with Crippen molar-refractivity contribution in [1.29, 1.82) is 0 Å². The van der Waals surface area contributed by atoms with E-state index in [-0.39, 0.29) is 5.54 Å². The van der Waals surface area contributed by atoms with Crippen LogP contribution in [0.2, 0.25) is 0 Å². The van der Waals surface area contributed by atoms with Crippen LogP contribution in [-0.4, -0.2) is 35.3 Å². The van der Waals surface area contributed by atoms with Gasteiger partial charge in [0.25, 0.3) is 0 Å². The normalized spacial score (nSPS) is 19.0. The average molecular weight is 236 g/mol. The van der Waals surface area contributed by atoms with Crippen molar-refractivity contribution in [3.05, 3.63) is 17.6 Å². The van der Waals surface area contributed by atoms with Crippen molar-refractivity contribution in [2.45, 2.75) is 32.2 Å². The van der Waals surface area contributed by atoms with E-state index in [0.717, 1.165) is 43.3 Å². The molecule has 0 spiro atoms. The highest BCUT2D eigenvalue weighted by molar-refractivity contribution is 5.37. The summed E-state index contributed by atoms with van der Waals surface area (Å²) in [5.41, 5.74) is 7.71. The highest BCUT2D eigenvalue weighted by Crippen LogP contribution is 2.24. The number of nitrogens with one attached hydrogen (secondary N) is 1. The molecule has 94 valence electrons. The molecule has 0 aromatic carbocycles. The highest BCUT2D eigenvalue weighted by atomic mass is 16.5. The second-order valence-electron chi connectivity index (χ2n) is 4.65. The minimum absolute atomic E-state index is 0.0887. The van der Waals surface area contributed by atoms with E-state index in [4.69, 9.17) is 10.5 Å². The van der Waals surface area contributed by atoms with Crippen LogP contribution in [0.1, 0.15) is 24.2 Å². The van der Waals surface area contributed by atoms with E-state index in [1.165, 1.54) is 0 Å². The van der Waals surface area contributed by atoms with E-state index < -0.39 is 0 Å². The number of ether oxygens (including phenoxy) is 1. The van der Waals surface area contributed by atoms with Gasteiger partial charge in [-0.1, -0.05) is 0 Å². The van der Waals surface area contributed by atoms with E-state index in [0.29, 0.717) is 6.54 Å². The minimum atomic E-state index is -0.0887. The average Bonchev–Trinajstić information content (AvgIpc) is 2.35. The fourth-order valence-corrected chi connectivity index (χ4v) is 2.02. The molecule has 1 aromatic heterocycles. The van der Waals surface area contributed by atoms with Crippen molar-refractivity contribution in [2.24, 2.45) is 5.73 Å². The molecule has 2 heterocycles. The van der Waals surface area contributed by atoms with Gasteiger partial charge >= 0.3 is 0 Å². The first-order valence-electron chi connectivity index (χ1n) is 6.01. The summed E-state index contributed by atoms with van der Waals surface area (Å²) in [7, 11) is 0. The van der Waals surface area contributed by atoms with Crippen molar-refractivity contribution < 1.29 is 4.74 Å². The lowest BCUT2D eigenvalue weighted by molar-refractivity contribution is 0.0627. The number of anilines is 1. The van der Waals surface area contributed by atoms with Crippen LogP contribution in [0.3, 0.4) is 0 Å². The van der Waals surface area contributed by atoms with Crippen LogP contribution in [0.15, 0.2) is 6.20 Å². The molecule has 3 N–H and O–H groups in total. The molecule has 2 rings (SSSR count). The summed E-state index contributed by atoms with van der Waals surface area (Å²) in [4.78, 5) is 8.80. The van der Waals surface area contributed by atoms with Gasteiger partial charge in [0.05, 0.1) is 23.1 Å². The second-order valence-corrected chi connectivity index (χ2v) is 4.65. The van der Waals surface area contributed by atoms with Gasteiger partial charge in [0.1, 0.15) is 5.82 Å². The van der Waals surface area contributed by atoms with Gasteiger partial charge in [-0.2, -0.15) is 0 Å². The van der Waals surface area contributed by atoms with Gasteiger partial charge in [0.15, 0.2) is 0 Å². The Labute approximate surface area is 102 Å². The number of hydrogen-bond donors (Lipinski definition) is 2. The first-order chi connectivity index (χ1) is 8.15. The third-order valence-electron chi connectivity index (χ3n) is 3.43. The Kier molecular flexibility index (Phi) is 3.59. The van der Waals surface area contributed by atoms with Crippen LogP contribution >= 0.6 is 0 Å². The van der Waals surface area contributed by atoms with Gasteiger partial charge in [-0.3, -0.25) is 4.98 Å². The number of rotatable bonds is 3. The summed E-state index contributed by atoms with van der Waals surface area (Å²) in [6.07, 6.45) is 3.60. The molecule has 1 saturated heterocycles. The van der Waals surface area contributed by atoms with Crippen LogP contribution in [0.25, 0.3) is 0 Å².